The van der Waals surface area contributed by atoms with Crippen molar-refractivity contribution in [2.24, 2.45) is 0 Å². The molecule has 1 aromatic carbocycles. The van der Waals surface area contributed by atoms with Gasteiger partial charge in [-0.3, -0.25) is 9.59 Å². The number of hydrogen-bond donors (Lipinski definition) is 2. The Morgan fingerprint density at radius 3 is 2.36 bits per heavy atom. The van der Waals surface area contributed by atoms with Gasteiger partial charge in [-0.05, 0) is 47.8 Å². The predicted molar refractivity (Wildman–Crippen MR) is 117 cm³/mol. The average Bonchev–Trinajstić information content (AvgIpc) is 3.22. The van der Waals surface area contributed by atoms with E-state index in [1.165, 1.54) is 12.5 Å². The zero-order chi connectivity index (χ0) is 20.4. The molecule has 2 rings (SSSR count). The summed E-state index contributed by atoms with van der Waals surface area (Å²) in [5, 5.41) is 8.04. The SMILES string of the molecule is CCC(C)c1ccc(C(NC(=O)CCCCCNC(C)=O)c2cccs2)cc1. The van der Waals surface area contributed by atoms with Gasteiger partial charge in [0.15, 0.2) is 0 Å². The van der Waals surface area contributed by atoms with Gasteiger partial charge in [-0.2, -0.15) is 0 Å². The molecule has 0 aliphatic heterocycles. The van der Waals surface area contributed by atoms with Crippen LogP contribution in [0.2, 0.25) is 0 Å². The van der Waals surface area contributed by atoms with E-state index in [1.54, 1.807) is 11.3 Å². The number of benzene rings is 1. The number of rotatable bonds is 11. The maximum absolute atomic E-state index is 12.5. The molecule has 0 radical (unpaired) electrons. The highest BCUT2D eigenvalue weighted by Crippen LogP contribution is 2.28. The molecule has 2 atom stereocenters. The molecule has 152 valence electrons. The highest BCUT2D eigenvalue weighted by Gasteiger charge is 2.18. The number of nitrogens with one attached hydrogen (secondary N) is 2. The smallest absolute Gasteiger partial charge is 0.220 e. The minimum atomic E-state index is -0.0992. The van der Waals surface area contributed by atoms with E-state index in [9.17, 15) is 9.59 Å². The Hall–Kier alpha value is -2.14. The second kappa shape index (κ2) is 11.6. The third kappa shape index (κ3) is 7.12. The summed E-state index contributed by atoms with van der Waals surface area (Å²) in [5.74, 6) is 0.612. The van der Waals surface area contributed by atoms with Gasteiger partial charge in [0.2, 0.25) is 11.8 Å². The lowest BCUT2D eigenvalue weighted by Crippen LogP contribution is -2.28. The van der Waals surface area contributed by atoms with Crippen molar-refractivity contribution in [3.8, 4) is 0 Å². The first-order valence-electron chi connectivity index (χ1n) is 10.2. The van der Waals surface area contributed by atoms with Crippen LogP contribution in [-0.4, -0.2) is 18.4 Å². The molecule has 4 nitrogen and oxygen atoms in total. The van der Waals surface area contributed by atoms with Crippen LogP contribution < -0.4 is 10.6 Å². The second-order valence-corrected chi connectivity index (χ2v) is 8.26. The second-order valence-electron chi connectivity index (χ2n) is 7.29. The monoisotopic (exact) mass is 400 g/mol. The van der Waals surface area contributed by atoms with Crippen LogP contribution >= 0.6 is 11.3 Å². The van der Waals surface area contributed by atoms with Crippen LogP contribution in [0.4, 0.5) is 0 Å². The number of hydrogen-bond acceptors (Lipinski definition) is 3. The maximum atomic E-state index is 12.5. The van der Waals surface area contributed by atoms with Gasteiger partial charge in [-0.25, -0.2) is 0 Å². The van der Waals surface area contributed by atoms with E-state index in [-0.39, 0.29) is 17.9 Å². The van der Waals surface area contributed by atoms with E-state index in [2.05, 4.69) is 54.8 Å². The van der Waals surface area contributed by atoms with Gasteiger partial charge in [0, 0.05) is 24.8 Å². The molecule has 1 aromatic heterocycles. The van der Waals surface area contributed by atoms with Crippen molar-refractivity contribution < 1.29 is 9.59 Å². The standard InChI is InChI=1S/C23H32N2O2S/c1-4-17(2)19-11-13-20(14-12-19)23(21-9-8-16-28-21)25-22(27)10-6-5-7-15-24-18(3)26/h8-9,11-14,16-17,23H,4-7,10,15H2,1-3H3,(H,24,26)(H,25,27). The summed E-state index contributed by atoms with van der Waals surface area (Å²) < 4.78 is 0. The fourth-order valence-corrected chi connectivity index (χ4v) is 3.91. The molecular weight excluding hydrogens is 368 g/mol. The van der Waals surface area contributed by atoms with E-state index in [0.29, 0.717) is 18.9 Å². The van der Waals surface area contributed by atoms with Crippen LogP contribution in [0.5, 0.6) is 0 Å². The van der Waals surface area contributed by atoms with Gasteiger partial charge in [-0.15, -0.1) is 11.3 Å². The number of carbonyl (C=O) groups is 2. The fourth-order valence-electron chi connectivity index (χ4n) is 3.11. The molecule has 2 aromatic rings. The Morgan fingerprint density at radius 1 is 1.04 bits per heavy atom. The maximum Gasteiger partial charge on any atom is 0.220 e. The van der Waals surface area contributed by atoms with Gasteiger partial charge in [-0.1, -0.05) is 50.6 Å². The number of unbranched alkanes of at least 4 members (excludes halogenated alkanes) is 2. The molecule has 0 aliphatic rings. The lowest BCUT2D eigenvalue weighted by Gasteiger charge is -2.19. The average molecular weight is 401 g/mol. The van der Waals surface area contributed by atoms with Crippen LogP contribution in [-0.2, 0) is 9.59 Å². The zero-order valence-corrected chi connectivity index (χ0v) is 18.0. The van der Waals surface area contributed by atoms with E-state index in [0.717, 1.165) is 36.1 Å². The summed E-state index contributed by atoms with van der Waals surface area (Å²) in [4.78, 5) is 24.5. The van der Waals surface area contributed by atoms with Crippen LogP contribution in [0.15, 0.2) is 41.8 Å². The van der Waals surface area contributed by atoms with Gasteiger partial charge >= 0.3 is 0 Å². The van der Waals surface area contributed by atoms with Crippen LogP contribution in [0.3, 0.4) is 0 Å². The Bertz CT molecular complexity index is 726. The van der Waals surface area contributed by atoms with Gasteiger partial charge in [0.1, 0.15) is 0 Å². The molecule has 0 saturated carbocycles. The molecule has 2 amide bonds. The van der Waals surface area contributed by atoms with Gasteiger partial charge in [0.05, 0.1) is 6.04 Å². The van der Waals surface area contributed by atoms with Crippen molar-refractivity contribution in [2.75, 3.05) is 6.54 Å². The molecule has 2 unspecified atom stereocenters. The molecule has 1 heterocycles. The Labute approximate surface area is 172 Å². The Morgan fingerprint density at radius 2 is 1.75 bits per heavy atom. The van der Waals surface area contributed by atoms with Crippen LogP contribution in [0.25, 0.3) is 0 Å². The first kappa shape index (κ1) is 22.2. The van der Waals surface area contributed by atoms with E-state index in [4.69, 9.17) is 0 Å². The zero-order valence-electron chi connectivity index (χ0n) is 17.2. The number of thiophene rings is 1. The molecular formula is C23H32N2O2S. The summed E-state index contributed by atoms with van der Waals surface area (Å²) in [6.07, 6.45) is 4.29. The van der Waals surface area contributed by atoms with Crippen molar-refractivity contribution >= 4 is 23.2 Å². The Kier molecular flexibility index (Phi) is 9.21. The highest BCUT2D eigenvalue weighted by molar-refractivity contribution is 7.10. The van der Waals surface area contributed by atoms with Crippen molar-refractivity contribution in [1.29, 1.82) is 0 Å². The summed E-state index contributed by atoms with van der Waals surface area (Å²) >= 11 is 1.67. The van der Waals surface area contributed by atoms with Crippen LogP contribution in [0, 0.1) is 0 Å². The first-order chi connectivity index (χ1) is 13.5. The summed E-state index contributed by atoms with van der Waals surface area (Å²) in [5.41, 5.74) is 2.45. The highest BCUT2D eigenvalue weighted by atomic mass is 32.1. The lowest BCUT2D eigenvalue weighted by molar-refractivity contribution is -0.122. The fraction of sp³-hybridized carbons (Fsp3) is 0.478. The number of carbonyl (C=O) groups excluding carboxylic acids is 2. The third-order valence-electron chi connectivity index (χ3n) is 5.04. The van der Waals surface area contributed by atoms with Gasteiger partial charge < -0.3 is 10.6 Å². The van der Waals surface area contributed by atoms with E-state index < -0.39 is 0 Å². The van der Waals surface area contributed by atoms with Gasteiger partial charge in [0.25, 0.3) is 0 Å². The van der Waals surface area contributed by atoms with E-state index in [1.807, 2.05) is 11.4 Å². The minimum absolute atomic E-state index is 0.00381. The summed E-state index contributed by atoms with van der Waals surface area (Å²) in [6, 6.07) is 12.6. The minimum Gasteiger partial charge on any atom is -0.356 e. The molecule has 0 saturated heterocycles. The molecule has 0 spiro atoms. The molecule has 0 bridgehead atoms. The van der Waals surface area contributed by atoms with E-state index >= 15 is 0 Å². The lowest BCUT2D eigenvalue weighted by atomic mass is 9.95. The molecule has 2 N–H and O–H groups in total. The molecule has 28 heavy (non-hydrogen) atoms. The van der Waals surface area contributed by atoms with Crippen molar-refractivity contribution in [1.82, 2.24) is 10.6 Å². The third-order valence-corrected chi connectivity index (χ3v) is 5.98. The van der Waals surface area contributed by atoms with Crippen molar-refractivity contribution in [3.63, 3.8) is 0 Å². The summed E-state index contributed by atoms with van der Waals surface area (Å²) in [7, 11) is 0. The number of amides is 2. The normalized spacial score (nSPS) is 13.0. The largest absolute Gasteiger partial charge is 0.356 e. The predicted octanol–water partition coefficient (Wildman–Crippen LogP) is 5.16. The van der Waals surface area contributed by atoms with Crippen molar-refractivity contribution in [3.05, 3.63) is 57.8 Å². The van der Waals surface area contributed by atoms with Crippen LogP contribution in [0.1, 0.15) is 80.8 Å². The topological polar surface area (TPSA) is 58.2 Å². The van der Waals surface area contributed by atoms with Crippen molar-refractivity contribution in [2.45, 2.75) is 64.8 Å². The quantitative estimate of drug-likeness (QED) is 0.512. The molecule has 0 aliphatic carbocycles. The Balaban J connectivity index is 1.93. The molecule has 0 fully saturated rings. The molecule has 5 heteroatoms. The summed E-state index contributed by atoms with van der Waals surface area (Å²) in [6.45, 7) is 6.63. The first-order valence-corrected chi connectivity index (χ1v) is 11.1.